The van der Waals surface area contributed by atoms with Gasteiger partial charge in [0.05, 0.1) is 19.3 Å². The predicted molar refractivity (Wildman–Crippen MR) is 70.3 cm³/mol. The first-order valence-electron chi connectivity index (χ1n) is 6.89. The summed E-state index contributed by atoms with van der Waals surface area (Å²) in [4.78, 5) is 13.8. The molecule has 1 rings (SSSR count). The number of ether oxygens (including phenoxy) is 1. The van der Waals surface area contributed by atoms with Crippen molar-refractivity contribution in [2.45, 2.75) is 32.8 Å². The minimum absolute atomic E-state index is 0.0330. The van der Waals surface area contributed by atoms with Crippen LogP contribution in [0.5, 0.6) is 0 Å². The first-order valence-corrected chi connectivity index (χ1v) is 6.89. The van der Waals surface area contributed by atoms with Gasteiger partial charge < -0.3 is 15.2 Å². The van der Waals surface area contributed by atoms with Gasteiger partial charge in [0.1, 0.15) is 0 Å². The molecule has 1 saturated heterocycles. The minimum atomic E-state index is -0.499. The van der Waals surface area contributed by atoms with Crippen molar-refractivity contribution in [1.82, 2.24) is 10.2 Å². The van der Waals surface area contributed by atoms with Crippen molar-refractivity contribution in [3.8, 4) is 0 Å². The molecule has 5 nitrogen and oxygen atoms in total. The van der Waals surface area contributed by atoms with Crippen LogP contribution in [0, 0.1) is 5.92 Å². The summed E-state index contributed by atoms with van der Waals surface area (Å²) in [6.45, 7) is 8.11. The van der Waals surface area contributed by atoms with E-state index in [-0.39, 0.29) is 11.8 Å². The molecule has 2 N–H and O–H groups in total. The first-order chi connectivity index (χ1) is 8.63. The lowest BCUT2D eigenvalue weighted by Crippen LogP contribution is -2.45. The van der Waals surface area contributed by atoms with Gasteiger partial charge in [-0.05, 0) is 6.42 Å². The van der Waals surface area contributed by atoms with Crippen molar-refractivity contribution < 1.29 is 14.6 Å². The van der Waals surface area contributed by atoms with E-state index in [0.29, 0.717) is 13.1 Å². The number of amides is 1. The first kappa shape index (κ1) is 15.4. The molecule has 1 aliphatic rings. The number of nitrogens with one attached hydrogen (secondary N) is 1. The van der Waals surface area contributed by atoms with Crippen LogP contribution in [0.25, 0.3) is 0 Å². The van der Waals surface area contributed by atoms with E-state index in [9.17, 15) is 9.90 Å². The van der Waals surface area contributed by atoms with Crippen LogP contribution in [0.2, 0.25) is 0 Å². The fourth-order valence-corrected chi connectivity index (χ4v) is 2.10. The van der Waals surface area contributed by atoms with E-state index in [4.69, 9.17) is 4.74 Å². The highest BCUT2D eigenvalue weighted by atomic mass is 16.5. The van der Waals surface area contributed by atoms with E-state index in [2.05, 4.69) is 17.1 Å². The van der Waals surface area contributed by atoms with Crippen LogP contribution in [0.15, 0.2) is 0 Å². The van der Waals surface area contributed by atoms with Crippen molar-refractivity contribution in [1.29, 1.82) is 0 Å². The Bertz CT molecular complexity index is 242. The van der Waals surface area contributed by atoms with Gasteiger partial charge in [-0.2, -0.15) is 0 Å². The highest BCUT2D eigenvalue weighted by Gasteiger charge is 2.17. The summed E-state index contributed by atoms with van der Waals surface area (Å²) in [7, 11) is 0. The van der Waals surface area contributed by atoms with Crippen molar-refractivity contribution in [2.24, 2.45) is 5.92 Å². The van der Waals surface area contributed by atoms with Gasteiger partial charge >= 0.3 is 0 Å². The van der Waals surface area contributed by atoms with Gasteiger partial charge in [0.25, 0.3) is 0 Å². The molecule has 1 amide bonds. The minimum Gasteiger partial charge on any atom is -0.390 e. The molecule has 0 aromatic rings. The Morgan fingerprint density at radius 1 is 1.44 bits per heavy atom. The molecular formula is C13H26N2O3. The predicted octanol–water partition coefficient (Wildman–Crippen LogP) is 0.232. The third-order valence-corrected chi connectivity index (χ3v) is 3.25. The molecule has 106 valence electrons. The van der Waals surface area contributed by atoms with Crippen LogP contribution >= 0.6 is 0 Å². The van der Waals surface area contributed by atoms with Crippen molar-refractivity contribution in [2.75, 3.05) is 39.4 Å². The number of aliphatic hydroxyl groups excluding tert-OH is 1. The lowest BCUT2D eigenvalue weighted by Gasteiger charge is -2.28. The molecule has 0 spiro atoms. The second-order valence-electron chi connectivity index (χ2n) is 5.00. The summed E-state index contributed by atoms with van der Waals surface area (Å²) in [6.07, 6.45) is 1.40. The van der Waals surface area contributed by atoms with Gasteiger partial charge in [-0.25, -0.2) is 0 Å². The lowest BCUT2D eigenvalue weighted by atomic mass is 10.1. The summed E-state index contributed by atoms with van der Waals surface area (Å²) in [5.74, 6) is 0.0727. The number of hydrogen-bond acceptors (Lipinski definition) is 4. The van der Waals surface area contributed by atoms with Crippen LogP contribution in [-0.4, -0.2) is 61.4 Å². The number of aliphatic hydroxyl groups is 1. The molecule has 5 heteroatoms. The fourth-order valence-electron chi connectivity index (χ4n) is 2.10. The van der Waals surface area contributed by atoms with Crippen molar-refractivity contribution in [3.05, 3.63) is 0 Å². The molecule has 0 saturated carbocycles. The maximum atomic E-state index is 11.7. The molecule has 0 bridgehead atoms. The number of carbonyl (C=O) groups is 1. The highest BCUT2D eigenvalue weighted by molar-refractivity contribution is 5.78. The van der Waals surface area contributed by atoms with Crippen LogP contribution in [-0.2, 0) is 9.53 Å². The van der Waals surface area contributed by atoms with Crippen molar-refractivity contribution >= 4 is 5.91 Å². The van der Waals surface area contributed by atoms with Crippen molar-refractivity contribution in [3.63, 3.8) is 0 Å². The van der Waals surface area contributed by atoms with Crippen LogP contribution < -0.4 is 5.32 Å². The smallest absolute Gasteiger partial charge is 0.222 e. The molecule has 1 fully saturated rings. The van der Waals surface area contributed by atoms with Crippen LogP contribution in [0.3, 0.4) is 0 Å². The number of morpholine rings is 1. The number of carbonyl (C=O) groups excluding carboxylic acids is 1. The molecular weight excluding hydrogens is 232 g/mol. The van der Waals surface area contributed by atoms with Gasteiger partial charge in [0.2, 0.25) is 5.91 Å². The lowest BCUT2D eigenvalue weighted by molar-refractivity contribution is -0.125. The third-order valence-electron chi connectivity index (χ3n) is 3.25. The molecule has 1 aliphatic heterocycles. The molecule has 18 heavy (non-hydrogen) atoms. The quantitative estimate of drug-likeness (QED) is 0.686. The maximum Gasteiger partial charge on any atom is 0.222 e. The molecule has 0 aromatic heterocycles. The fraction of sp³-hybridized carbons (Fsp3) is 0.923. The second kappa shape index (κ2) is 8.45. The highest BCUT2D eigenvalue weighted by Crippen LogP contribution is 2.04. The average Bonchev–Trinajstić information content (AvgIpc) is 2.37. The molecule has 1 heterocycles. The van der Waals surface area contributed by atoms with Gasteiger partial charge in [0, 0.05) is 32.1 Å². The molecule has 2 unspecified atom stereocenters. The molecule has 2 atom stereocenters. The summed E-state index contributed by atoms with van der Waals surface area (Å²) >= 11 is 0. The zero-order valence-electron chi connectivity index (χ0n) is 11.5. The Balaban J connectivity index is 2.15. The van der Waals surface area contributed by atoms with E-state index in [1.54, 1.807) is 0 Å². The number of rotatable bonds is 7. The Hall–Kier alpha value is -0.650. The SMILES string of the molecule is CCCC(C)C(=O)NCC(O)CN1CCOCC1. The van der Waals surface area contributed by atoms with Gasteiger partial charge in [0.15, 0.2) is 0 Å². The second-order valence-corrected chi connectivity index (χ2v) is 5.00. The summed E-state index contributed by atoms with van der Waals surface area (Å²) < 4.78 is 5.24. The average molecular weight is 258 g/mol. The van der Waals surface area contributed by atoms with Crippen LogP contribution in [0.4, 0.5) is 0 Å². The summed E-state index contributed by atoms with van der Waals surface area (Å²) in [6, 6.07) is 0. The topological polar surface area (TPSA) is 61.8 Å². The molecule has 0 radical (unpaired) electrons. The largest absolute Gasteiger partial charge is 0.390 e. The Labute approximate surface area is 109 Å². The number of hydrogen-bond donors (Lipinski definition) is 2. The van der Waals surface area contributed by atoms with E-state index in [0.717, 1.165) is 39.1 Å². The Kier molecular flexibility index (Phi) is 7.23. The van der Waals surface area contributed by atoms with Crippen LogP contribution in [0.1, 0.15) is 26.7 Å². The van der Waals surface area contributed by atoms with E-state index < -0.39 is 6.10 Å². The van der Waals surface area contributed by atoms with E-state index in [1.165, 1.54) is 0 Å². The Morgan fingerprint density at radius 2 is 2.11 bits per heavy atom. The standard InChI is InChI=1S/C13H26N2O3/c1-3-4-11(2)13(17)14-9-12(16)10-15-5-7-18-8-6-15/h11-12,16H,3-10H2,1-2H3,(H,14,17). The maximum absolute atomic E-state index is 11.7. The van der Waals surface area contributed by atoms with Gasteiger partial charge in [-0.3, -0.25) is 9.69 Å². The molecule has 0 aromatic carbocycles. The molecule has 0 aliphatic carbocycles. The summed E-state index contributed by atoms with van der Waals surface area (Å²) in [5, 5.41) is 12.7. The zero-order chi connectivity index (χ0) is 13.4. The monoisotopic (exact) mass is 258 g/mol. The third kappa shape index (κ3) is 5.80. The van der Waals surface area contributed by atoms with Gasteiger partial charge in [-0.15, -0.1) is 0 Å². The normalized spacial score (nSPS) is 20.4. The van der Waals surface area contributed by atoms with E-state index >= 15 is 0 Å². The number of nitrogens with zero attached hydrogens (tertiary/aromatic N) is 1. The summed E-state index contributed by atoms with van der Waals surface area (Å²) in [5.41, 5.74) is 0. The van der Waals surface area contributed by atoms with E-state index in [1.807, 2.05) is 6.92 Å². The van der Waals surface area contributed by atoms with Gasteiger partial charge in [-0.1, -0.05) is 20.3 Å². The number of β-amino-alcohol motifs (C(OH)–C–C–N with tert-alkyl or cyclic N) is 1. The Morgan fingerprint density at radius 3 is 2.72 bits per heavy atom. The zero-order valence-corrected chi connectivity index (χ0v) is 11.5.